The molecule has 4 aromatic carbocycles. The van der Waals surface area contributed by atoms with E-state index in [1.54, 1.807) is 23.9 Å². The molecule has 0 aliphatic carbocycles. The maximum Gasteiger partial charge on any atom is 0.264 e. The summed E-state index contributed by atoms with van der Waals surface area (Å²) in [6.45, 7) is 2.21. The smallest absolute Gasteiger partial charge is 0.262 e. The Bertz CT molecular complexity index is 1440. The average molecular weight is 484 g/mol. The molecule has 0 amide bonds. The van der Waals surface area contributed by atoms with Crippen molar-refractivity contribution in [3.05, 3.63) is 125 Å². The third-order valence-electron chi connectivity index (χ3n) is 5.90. The first-order valence-corrected chi connectivity index (χ1v) is 13.6. The topological polar surface area (TPSA) is 37.4 Å². The highest BCUT2D eigenvalue weighted by Gasteiger charge is 2.26. The van der Waals surface area contributed by atoms with Crippen molar-refractivity contribution >= 4 is 39.6 Å². The van der Waals surface area contributed by atoms with Gasteiger partial charge in [0.05, 0.1) is 17.1 Å². The normalized spacial score (nSPS) is 13.7. The summed E-state index contributed by atoms with van der Waals surface area (Å²) in [4.78, 5) is 1.35. The van der Waals surface area contributed by atoms with Gasteiger partial charge in [-0.15, -0.1) is 11.8 Å². The lowest BCUT2D eigenvalue weighted by molar-refractivity contribution is 0.590. The van der Waals surface area contributed by atoms with Gasteiger partial charge in [0, 0.05) is 10.6 Å². The Kier molecular flexibility index (Phi) is 6.31. The molecular weight excluding hydrogens is 458 g/mol. The summed E-state index contributed by atoms with van der Waals surface area (Å²) in [5.41, 5.74) is 5.98. The first-order valence-electron chi connectivity index (χ1n) is 11.2. The highest BCUT2D eigenvalue weighted by atomic mass is 32.2. The zero-order valence-electron chi connectivity index (χ0n) is 18.9. The maximum absolute atomic E-state index is 13.9. The number of benzene rings is 4. The second-order valence-corrected chi connectivity index (χ2v) is 11.3. The van der Waals surface area contributed by atoms with Gasteiger partial charge in [0.15, 0.2) is 0 Å². The maximum atomic E-state index is 13.9. The average Bonchev–Trinajstić information content (AvgIpc) is 2.86. The molecule has 0 radical (unpaired) electrons. The van der Waals surface area contributed by atoms with Crippen LogP contribution in [0, 0.1) is 6.92 Å². The van der Waals surface area contributed by atoms with Crippen LogP contribution in [-0.2, 0) is 22.3 Å². The first-order chi connectivity index (χ1) is 16.5. The zero-order valence-corrected chi connectivity index (χ0v) is 20.5. The van der Waals surface area contributed by atoms with E-state index in [9.17, 15) is 8.42 Å². The van der Waals surface area contributed by atoms with Crippen LogP contribution in [0.25, 0.3) is 12.2 Å². The molecule has 3 nitrogen and oxygen atoms in total. The number of hydrogen-bond donors (Lipinski definition) is 0. The van der Waals surface area contributed by atoms with Gasteiger partial charge >= 0.3 is 0 Å². The number of hydrogen-bond acceptors (Lipinski definition) is 3. The Labute approximate surface area is 205 Å². The van der Waals surface area contributed by atoms with Gasteiger partial charge in [0.25, 0.3) is 10.0 Å². The Morgan fingerprint density at radius 1 is 0.824 bits per heavy atom. The summed E-state index contributed by atoms with van der Waals surface area (Å²) >= 11 is 1.72. The van der Waals surface area contributed by atoms with Crippen molar-refractivity contribution in [2.45, 2.75) is 29.0 Å². The lowest BCUT2D eigenvalue weighted by Gasteiger charge is -2.27. The van der Waals surface area contributed by atoms with Crippen LogP contribution in [0.3, 0.4) is 0 Å². The summed E-state index contributed by atoms with van der Waals surface area (Å²) in [5.74, 6) is 0.837. The molecule has 170 valence electrons. The number of anilines is 1. The minimum atomic E-state index is -3.76. The molecule has 4 aromatic rings. The van der Waals surface area contributed by atoms with Crippen molar-refractivity contribution in [1.82, 2.24) is 0 Å². The Balaban J connectivity index is 1.61. The van der Waals surface area contributed by atoms with Gasteiger partial charge in [0.2, 0.25) is 0 Å². The van der Waals surface area contributed by atoms with E-state index in [4.69, 9.17) is 0 Å². The summed E-state index contributed by atoms with van der Waals surface area (Å²) in [5, 5.41) is 0. The molecule has 5 heteroatoms. The van der Waals surface area contributed by atoms with Gasteiger partial charge in [-0.2, -0.15) is 0 Å². The molecule has 1 heterocycles. The molecule has 0 unspecified atom stereocenters. The fourth-order valence-corrected chi connectivity index (χ4v) is 6.33. The number of rotatable bonds is 4. The Morgan fingerprint density at radius 2 is 1.62 bits per heavy atom. The van der Waals surface area contributed by atoms with Crippen LogP contribution in [0.4, 0.5) is 5.69 Å². The van der Waals surface area contributed by atoms with E-state index < -0.39 is 10.0 Å². The second-order valence-electron chi connectivity index (χ2n) is 8.39. The molecule has 0 spiro atoms. The Morgan fingerprint density at radius 3 is 2.41 bits per heavy atom. The number of fused-ring (bicyclic) bond motifs is 4. The fourth-order valence-electron chi connectivity index (χ4n) is 4.00. The standard InChI is InChI=1S/C29H25NO2S2/c1-22-10-16-29(17-11-22)34(31,32)30-20-26-18-24(21-33-28-9-5-8-27(30)19-28)13-15-25(26)14-12-23-6-3-2-4-7-23/h2-19H,20-21H2,1H3/b14-12+. The molecule has 0 fully saturated rings. The van der Waals surface area contributed by atoms with Gasteiger partial charge < -0.3 is 0 Å². The minimum absolute atomic E-state index is 0.257. The first kappa shape index (κ1) is 22.5. The van der Waals surface area contributed by atoms with Crippen molar-refractivity contribution in [3.63, 3.8) is 0 Å². The third-order valence-corrected chi connectivity index (χ3v) is 8.75. The van der Waals surface area contributed by atoms with Crippen LogP contribution in [0.1, 0.15) is 27.8 Å². The highest BCUT2D eigenvalue weighted by Crippen LogP contribution is 2.34. The molecule has 0 N–H and O–H groups in total. The van der Waals surface area contributed by atoms with Crippen molar-refractivity contribution in [2.24, 2.45) is 0 Å². The number of sulfonamides is 1. The quantitative estimate of drug-likeness (QED) is 0.289. The largest absolute Gasteiger partial charge is 0.264 e. The van der Waals surface area contributed by atoms with Crippen molar-refractivity contribution in [1.29, 1.82) is 0 Å². The Hall–Kier alpha value is -3.28. The van der Waals surface area contributed by atoms with Crippen molar-refractivity contribution < 1.29 is 8.42 Å². The van der Waals surface area contributed by atoms with E-state index in [-0.39, 0.29) is 6.54 Å². The van der Waals surface area contributed by atoms with E-state index in [1.165, 1.54) is 9.87 Å². The molecule has 34 heavy (non-hydrogen) atoms. The number of thioether (sulfide) groups is 1. The molecule has 4 bridgehead atoms. The van der Waals surface area contributed by atoms with E-state index in [0.29, 0.717) is 10.6 Å². The van der Waals surface area contributed by atoms with E-state index in [1.807, 2.05) is 61.5 Å². The summed E-state index contributed by atoms with van der Waals surface area (Å²) < 4.78 is 29.2. The van der Waals surface area contributed by atoms with Gasteiger partial charge in [-0.3, -0.25) is 4.31 Å². The predicted octanol–water partition coefficient (Wildman–Crippen LogP) is 7.17. The van der Waals surface area contributed by atoms with E-state index >= 15 is 0 Å². The van der Waals surface area contributed by atoms with Gasteiger partial charge in [-0.1, -0.05) is 84.4 Å². The molecule has 1 aliphatic heterocycles. The number of nitrogens with zero attached hydrogens (tertiary/aromatic N) is 1. The van der Waals surface area contributed by atoms with Crippen LogP contribution >= 0.6 is 11.8 Å². The third kappa shape index (κ3) is 4.81. The lowest BCUT2D eigenvalue weighted by atomic mass is 10.0. The van der Waals surface area contributed by atoms with Crippen LogP contribution in [0.5, 0.6) is 0 Å². The van der Waals surface area contributed by atoms with Gasteiger partial charge in [-0.05, 0) is 59.5 Å². The van der Waals surface area contributed by atoms with Gasteiger partial charge in [-0.25, -0.2) is 8.42 Å². The molecule has 0 saturated carbocycles. The van der Waals surface area contributed by atoms with Crippen LogP contribution in [0.15, 0.2) is 107 Å². The van der Waals surface area contributed by atoms with Crippen LogP contribution in [0.2, 0.25) is 0 Å². The zero-order chi connectivity index (χ0) is 23.5. The molecule has 0 atom stereocenters. The van der Waals surface area contributed by atoms with Crippen molar-refractivity contribution in [2.75, 3.05) is 4.31 Å². The summed E-state index contributed by atoms with van der Waals surface area (Å²) in [7, 11) is -3.76. The predicted molar refractivity (Wildman–Crippen MR) is 142 cm³/mol. The molecule has 1 aliphatic rings. The SMILES string of the molecule is Cc1ccc(S(=O)(=O)N2Cc3cc(ccc3/C=C/c3ccccc3)CSc3cccc2c3)cc1. The molecule has 5 rings (SSSR count). The number of aryl methyl sites for hydroxylation is 1. The molecular formula is C29H25NO2S2. The van der Waals surface area contributed by atoms with E-state index in [2.05, 4.69) is 42.5 Å². The summed E-state index contributed by atoms with van der Waals surface area (Å²) in [6, 6.07) is 31.4. The van der Waals surface area contributed by atoms with Crippen LogP contribution in [-0.4, -0.2) is 8.42 Å². The molecule has 0 saturated heterocycles. The van der Waals surface area contributed by atoms with E-state index in [0.717, 1.165) is 32.9 Å². The van der Waals surface area contributed by atoms with Crippen LogP contribution < -0.4 is 4.31 Å². The monoisotopic (exact) mass is 483 g/mol. The lowest BCUT2D eigenvalue weighted by Crippen LogP contribution is -2.31. The molecule has 0 aromatic heterocycles. The second kappa shape index (κ2) is 9.53. The minimum Gasteiger partial charge on any atom is -0.262 e. The highest BCUT2D eigenvalue weighted by molar-refractivity contribution is 7.98. The van der Waals surface area contributed by atoms with Gasteiger partial charge in [0.1, 0.15) is 0 Å². The summed E-state index contributed by atoms with van der Waals surface area (Å²) in [6.07, 6.45) is 4.14. The fraction of sp³-hybridized carbons (Fsp3) is 0.103. The van der Waals surface area contributed by atoms with Crippen molar-refractivity contribution in [3.8, 4) is 0 Å².